The molecule has 2 atom stereocenters. The van der Waals surface area contributed by atoms with Crippen LogP contribution in [0.5, 0.6) is 0 Å². The van der Waals surface area contributed by atoms with E-state index in [4.69, 9.17) is 0 Å². The molecule has 0 aliphatic carbocycles. The summed E-state index contributed by atoms with van der Waals surface area (Å²) < 4.78 is 25.1. The summed E-state index contributed by atoms with van der Waals surface area (Å²) >= 11 is 1.37. The minimum atomic E-state index is -3.32. The highest BCUT2D eigenvalue weighted by atomic mass is 32.2. The SMILES string of the molecule is CS(=O)(=O)N1CCC[C@]2(C(=O)O)CN(c3nncs3)C[C@@H]2C1. The summed E-state index contributed by atoms with van der Waals surface area (Å²) in [6.45, 7) is 1.50. The molecule has 0 aromatic carbocycles. The quantitative estimate of drug-likeness (QED) is 0.828. The molecule has 0 unspecified atom stereocenters. The minimum absolute atomic E-state index is 0.244. The Hall–Kier alpha value is -1.26. The van der Waals surface area contributed by atoms with Gasteiger partial charge in [0.2, 0.25) is 15.2 Å². The van der Waals surface area contributed by atoms with Crippen molar-refractivity contribution in [3.63, 3.8) is 0 Å². The van der Waals surface area contributed by atoms with Gasteiger partial charge in [-0.1, -0.05) is 11.3 Å². The maximum atomic E-state index is 12.0. The van der Waals surface area contributed by atoms with E-state index >= 15 is 0 Å². The summed E-state index contributed by atoms with van der Waals surface area (Å²) in [5.74, 6) is -1.09. The van der Waals surface area contributed by atoms with Crippen LogP contribution in [0.15, 0.2) is 5.51 Å². The van der Waals surface area contributed by atoms with Crippen LogP contribution in [0.2, 0.25) is 0 Å². The third-order valence-electron chi connectivity index (χ3n) is 4.66. The van der Waals surface area contributed by atoms with Crippen molar-refractivity contribution in [2.45, 2.75) is 12.8 Å². The number of carboxylic acids is 1. The van der Waals surface area contributed by atoms with Crippen molar-refractivity contribution in [2.24, 2.45) is 11.3 Å². The highest BCUT2D eigenvalue weighted by Crippen LogP contribution is 2.44. The number of carboxylic acid groups (broad SMARTS) is 1. The van der Waals surface area contributed by atoms with Gasteiger partial charge < -0.3 is 10.0 Å². The van der Waals surface area contributed by atoms with E-state index in [0.717, 1.165) is 0 Å². The highest BCUT2D eigenvalue weighted by molar-refractivity contribution is 7.88. The van der Waals surface area contributed by atoms with Crippen LogP contribution in [0, 0.1) is 11.3 Å². The van der Waals surface area contributed by atoms with Gasteiger partial charge >= 0.3 is 5.97 Å². The first-order valence-electron chi connectivity index (χ1n) is 7.02. The summed E-state index contributed by atoms with van der Waals surface area (Å²) in [6, 6.07) is 0. The average Bonchev–Trinajstić information content (AvgIpc) is 3.02. The smallest absolute Gasteiger partial charge is 0.311 e. The predicted octanol–water partition coefficient (Wildman–Crippen LogP) is 0.101. The van der Waals surface area contributed by atoms with Gasteiger partial charge in [-0.15, -0.1) is 10.2 Å². The third-order valence-corrected chi connectivity index (χ3v) is 6.68. The zero-order chi connectivity index (χ0) is 16.0. The van der Waals surface area contributed by atoms with Gasteiger partial charge in [-0.05, 0) is 12.8 Å². The van der Waals surface area contributed by atoms with Crippen molar-refractivity contribution in [3.05, 3.63) is 5.51 Å². The summed E-state index contributed by atoms with van der Waals surface area (Å²) in [4.78, 5) is 13.9. The van der Waals surface area contributed by atoms with Crippen molar-refractivity contribution in [3.8, 4) is 0 Å². The zero-order valence-electron chi connectivity index (χ0n) is 12.2. The number of aromatic nitrogens is 2. The Labute approximate surface area is 132 Å². The van der Waals surface area contributed by atoms with E-state index in [0.29, 0.717) is 37.6 Å². The van der Waals surface area contributed by atoms with Crippen molar-refractivity contribution in [1.82, 2.24) is 14.5 Å². The van der Waals surface area contributed by atoms with Gasteiger partial charge in [0.15, 0.2) is 0 Å². The number of nitrogens with zero attached hydrogens (tertiary/aromatic N) is 4. The van der Waals surface area contributed by atoms with E-state index < -0.39 is 21.4 Å². The lowest BCUT2D eigenvalue weighted by molar-refractivity contribution is -0.150. The Balaban J connectivity index is 1.92. The van der Waals surface area contributed by atoms with Crippen LogP contribution < -0.4 is 4.90 Å². The molecule has 0 saturated carbocycles. The van der Waals surface area contributed by atoms with Crippen molar-refractivity contribution in [2.75, 3.05) is 37.3 Å². The molecule has 1 aromatic heterocycles. The zero-order valence-corrected chi connectivity index (χ0v) is 13.8. The summed E-state index contributed by atoms with van der Waals surface area (Å²) in [7, 11) is -3.32. The molecule has 22 heavy (non-hydrogen) atoms. The Kier molecular flexibility index (Phi) is 3.86. The first-order chi connectivity index (χ1) is 10.3. The molecule has 10 heteroatoms. The number of fused-ring (bicyclic) bond motifs is 1. The normalized spacial score (nSPS) is 30.0. The van der Waals surface area contributed by atoms with Gasteiger partial charge in [0, 0.05) is 32.1 Å². The molecule has 3 rings (SSSR count). The maximum absolute atomic E-state index is 12.0. The van der Waals surface area contributed by atoms with Gasteiger partial charge in [-0.3, -0.25) is 4.79 Å². The molecule has 1 aromatic rings. The number of hydrogen-bond donors (Lipinski definition) is 1. The predicted molar refractivity (Wildman–Crippen MR) is 81.3 cm³/mol. The molecular weight excluding hydrogens is 328 g/mol. The van der Waals surface area contributed by atoms with Crippen molar-refractivity contribution in [1.29, 1.82) is 0 Å². The second kappa shape index (κ2) is 5.43. The van der Waals surface area contributed by atoms with Crippen LogP contribution in [0.4, 0.5) is 5.13 Å². The molecular formula is C12H18N4O4S2. The lowest BCUT2D eigenvalue weighted by atomic mass is 9.75. The number of anilines is 1. The average molecular weight is 346 g/mol. The van der Waals surface area contributed by atoms with E-state index in [-0.39, 0.29) is 12.5 Å². The topological polar surface area (TPSA) is 104 Å². The lowest BCUT2D eigenvalue weighted by Crippen LogP contribution is -2.42. The van der Waals surface area contributed by atoms with Crippen molar-refractivity contribution < 1.29 is 18.3 Å². The number of hydrogen-bond acceptors (Lipinski definition) is 7. The number of carbonyl (C=O) groups is 1. The number of aliphatic carboxylic acids is 1. The fraction of sp³-hybridized carbons (Fsp3) is 0.750. The number of rotatable bonds is 3. The van der Waals surface area contributed by atoms with Crippen LogP contribution in [0.3, 0.4) is 0 Å². The van der Waals surface area contributed by atoms with Gasteiger partial charge in [0.1, 0.15) is 5.51 Å². The van der Waals surface area contributed by atoms with Crippen LogP contribution in [0.25, 0.3) is 0 Å². The largest absolute Gasteiger partial charge is 0.481 e. The van der Waals surface area contributed by atoms with Gasteiger partial charge in [0.05, 0.1) is 11.7 Å². The van der Waals surface area contributed by atoms with Crippen LogP contribution in [0.1, 0.15) is 12.8 Å². The molecule has 2 saturated heterocycles. The van der Waals surface area contributed by atoms with Gasteiger partial charge in [0.25, 0.3) is 0 Å². The fourth-order valence-electron chi connectivity index (χ4n) is 3.50. The monoisotopic (exact) mass is 346 g/mol. The molecule has 1 N–H and O–H groups in total. The van der Waals surface area contributed by atoms with E-state index in [1.54, 1.807) is 5.51 Å². The third kappa shape index (κ3) is 2.59. The fourth-order valence-corrected chi connectivity index (χ4v) is 4.98. The Bertz CT molecular complexity index is 663. The first-order valence-corrected chi connectivity index (χ1v) is 9.75. The molecule has 0 amide bonds. The van der Waals surface area contributed by atoms with Gasteiger partial charge in [-0.2, -0.15) is 0 Å². The van der Waals surface area contributed by atoms with Crippen LogP contribution >= 0.6 is 11.3 Å². The first kappa shape index (κ1) is 15.6. The standard InChI is InChI=1S/C12H18N4O4S2/c1-22(19,20)16-4-2-3-12(10(17)18)7-15(5-9(12)6-16)11-14-13-8-21-11/h8-9H,2-7H2,1H3,(H,17,18)/t9-,12+/m1/s1. The lowest BCUT2D eigenvalue weighted by Gasteiger charge is -2.28. The van der Waals surface area contributed by atoms with E-state index in [9.17, 15) is 18.3 Å². The van der Waals surface area contributed by atoms with Gasteiger partial charge in [-0.25, -0.2) is 12.7 Å². The van der Waals surface area contributed by atoms with Crippen molar-refractivity contribution >= 4 is 32.5 Å². The second-order valence-electron chi connectivity index (χ2n) is 5.98. The molecule has 2 aliphatic rings. The van der Waals surface area contributed by atoms with E-state index in [1.807, 2.05) is 4.90 Å². The minimum Gasteiger partial charge on any atom is -0.481 e. The molecule has 8 nitrogen and oxygen atoms in total. The highest BCUT2D eigenvalue weighted by Gasteiger charge is 2.54. The maximum Gasteiger partial charge on any atom is 0.311 e. The molecule has 2 fully saturated rings. The summed E-state index contributed by atoms with van der Waals surface area (Å²) in [5, 5.41) is 18.3. The second-order valence-corrected chi connectivity index (χ2v) is 8.78. The van der Waals surface area contributed by atoms with Crippen LogP contribution in [-0.2, 0) is 14.8 Å². The van der Waals surface area contributed by atoms with Crippen LogP contribution in [-0.4, -0.2) is 66.4 Å². The molecule has 122 valence electrons. The Morgan fingerprint density at radius 1 is 1.50 bits per heavy atom. The molecule has 3 heterocycles. The number of sulfonamides is 1. The summed E-state index contributed by atoms with van der Waals surface area (Å²) in [6.07, 6.45) is 2.21. The summed E-state index contributed by atoms with van der Waals surface area (Å²) in [5.41, 5.74) is 0.699. The Morgan fingerprint density at radius 3 is 2.86 bits per heavy atom. The Morgan fingerprint density at radius 2 is 2.27 bits per heavy atom. The van der Waals surface area contributed by atoms with E-state index in [2.05, 4.69) is 10.2 Å². The molecule has 0 radical (unpaired) electrons. The molecule has 0 bridgehead atoms. The molecule has 0 spiro atoms. The van der Waals surface area contributed by atoms with E-state index in [1.165, 1.54) is 21.9 Å². The molecule has 2 aliphatic heterocycles.